The Kier molecular flexibility index (Phi) is 3.63. The van der Waals surface area contributed by atoms with E-state index in [1.807, 2.05) is 24.3 Å². The van der Waals surface area contributed by atoms with Gasteiger partial charge in [-0.3, -0.25) is 4.79 Å². The van der Waals surface area contributed by atoms with Crippen LogP contribution >= 0.6 is 12.2 Å². The SMILES string of the molecule is COCc1cccc(NC(=O)C2(C(N)=S)CC2)c1. The topological polar surface area (TPSA) is 64.3 Å². The summed E-state index contributed by atoms with van der Waals surface area (Å²) in [6.07, 6.45) is 1.48. The summed E-state index contributed by atoms with van der Waals surface area (Å²) in [5.74, 6) is -0.107. The minimum atomic E-state index is -0.618. The Balaban J connectivity index is 2.08. The van der Waals surface area contributed by atoms with Crippen LogP contribution < -0.4 is 11.1 Å². The summed E-state index contributed by atoms with van der Waals surface area (Å²) in [4.78, 5) is 12.4. The molecule has 96 valence electrons. The van der Waals surface area contributed by atoms with Crippen LogP contribution in [0.25, 0.3) is 0 Å². The number of methoxy groups -OCH3 is 1. The molecule has 1 amide bonds. The van der Waals surface area contributed by atoms with E-state index < -0.39 is 5.41 Å². The number of carbonyl (C=O) groups excluding carboxylic acids is 1. The highest BCUT2D eigenvalue weighted by molar-refractivity contribution is 7.80. The smallest absolute Gasteiger partial charge is 0.237 e. The van der Waals surface area contributed by atoms with Crippen molar-refractivity contribution >= 4 is 28.8 Å². The van der Waals surface area contributed by atoms with Crippen LogP contribution in [-0.4, -0.2) is 18.0 Å². The highest BCUT2D eigenvalue weighted by Gasteiger charge is 2.52. The van der Waals surface area contributed by atoms with Gasteiger partial charge >= 0.3 is 0 Å². The van der Waals surface area contributed by atoms with Crippen LogP contribution in [0.15, 0.2) is 24.3 Å². The molecule has 1 aliphatic carbocycles. The summed E-state index contributed by atoms with van der Waals surface area (Å²) in [7, 11) is 1.64. The van der Waals surface area contributed by atoms with Crippen molar-refractivity contribution in [3.8, 4) is 0 Å². The second-order valence-corrected chi connectivity index (χ2v) is 4.97. The van der Waals surface area contributed by atoms with Gasteiger partial charge in [0.15, 0.2) is 0 Å². The summed E-state index contributed by atoms with van der Waals surface area (Å²) >= 11 is 4.95. The first kappa shape index (κ1) is 13.0. The van der Waals surface area contributed by atoms with Gasteiger partial charge in [0.25, 0.3) is 0 Å². The molecule has 0 aliphatic heterocycles. The lowest BCUT2D eigenvalue weighted by molar-refractivity contribution is -0.118. The number of nitrogens with one attached hydrogen (secondary N) is 1. The zero-order chi connectivity index (χ0) is 13.2. The van der Waals surface area contributed by atoms with Gasteiger partial charge in [0.1, 0.15) is 0 Å². The van der Waals surface area contributed by atoms with E-state index in [-0.39, 0.29) is 10.9 Å². The van der Waals surface area contributed by atoms with E-state index >= 15 is 0 Å². The fourth-order valence-electron chi connectivity index (χ4n) is 1.87. The predicted molar refractivity (Wildman–Crippen MR) is 74.2 cm³/mol. The van der Waals surface area contributed by atoms with Crippen LogP contribution in [-0.2, 0) is 16.1 Å². The van der Waals surface area contributed by atoms with Gasteiger partial charge in [-0.15, -0.1) is 0 Å². The first-order valence-corrected chi connectivity index (χ1v) is 6.18. The van der Waals surface area contributed by atoms with Gasteiger partial charge in [-0.1, -0.05) is 24.4 Å². The molecule has 0 bridgehead atoms. The van der Waals surface area contributed by atoms with Crippen molar-refractivity contribution in [2.45, 2.75) is 19.4 Å². The monoisotopic (exact) mass is 264 g/mol. The summed E-state index contributed by atoms with van der Waals surface area (Å²) < 4.78 is 5.05. The number of rotatable bonds is 5. The van der Waals surface area contributed by atoms with Crippen molar-refractivity contribution in [3.63, 3.8) is 0 Å². The average molecular weight is 264 g/mol. The standard InChI is InChI=1S/C13H16N2O2S/c1-17-8-9-3-2-4-10(7-9)15-12(16)13(5-6-13)11(14)18/h2-4,7H,5-6,8H2,1H3,(H2,14,18)(H,15,16). The Hall–Kier alpha value is -1.46. The van der Waals surface area contributed by atoms with Crippen molar-refractivity contribution in [3.05, 3.63) is 29.8 Å². The molecule has 18 heavy (non-hydrogen) atoms. The van der Waals surface area contributed by atoms with Gasteiger partial charge < -0.3 is 15.8 Å². The van der Waals surface area contributed by atoms with Gasteiger partial charge in [-0.25, -0.2) is 0 Å². The fraction of sp³-hybridized carbons (Fsp3) is 0.385. The number of hydrogen-bond donors (Lipinski definition) is 2. The van der Waals surface area contributed by atoms with Crippen LogP contribution in [0.3, 0.4) is 0 Å². The minimum Gasteiger partial charge on any atom is -0.392 e. The van der Waals surface area contributed by atoms with Gasteiger partial charge in [-0.2, -0.15) is 0 Å². The predicted octanol–water partition coefficient (Wildman–Crippen LogP) is 1.84. The molecule has 0 atom stereocenters. The normalized spacial score (nSPS) is 16.1. The molecule has 3 N–H and O–H groups in total. The molecule has 0 saturated heterocycles. The van der Waals surface area contributed by atoms with E-state index in [9.17, 15) is 4.79 Å². The molecule has 1 fully saturated rings. The number of anilines is 1. The van der Waals surface area contributed by atoms with Gasteiger partial charge in [0.05, 0.1) is 17.0 Å². The van der Waals surface area contributed by atoms with Crippen LogP contribution in [0.4, 0.5) is 5.69 Å². The average Bonchev–Trinajstić information content (AvgIpc) is 3.10. The summed E-state index contributed by atoms with van der Waals surface area (Å²) in [5, 5.41) is 2.86. The quantitative estimate of drug-likeness (QED) is 0.796. The number of hydrogen-bond acceptors (Lipinski definition) is 3. The third-order valence-corrected chi connectivity index (χ3v) is 3.54. The summed E-state index contributed by atoms with van der Waals surface area (Å²) in [6.45, 7) is 0.518. The third kappa shape index (κ3) is 2.52. The Labute approximate surface area is 112 Å². The van der Waals surface area contributed by atoms with Gasteiger partial charge in [-0.05, 0) is 30.5 Å². The molecule has 1 aromatic rings. The zero-order valence-electron chi connectivity index (χ0n) is 10.2. The van der Waals surface area contributed by atoms with E-state index in [1.54, 1.807) is 7.11 Å². The highest BCUT2D eigenvalue weighted by atomic mass is 32.1. The molecular formula is C13H16N2O2S. The summed E-state index contributed by atoms with van der Waals surface area (Å²) in [6, 6.07) is 7.55. The van der Waals surface area contributed by atoms with E-state index in [4.69, 9.17) is 22.7 Å². The van der Waals surface area contributed by atoms with Crippen molar-refractivity contribution in [1.29, 1.82) is 0 Å². The van der Waals surface area contributed by atoms with Gasteiger partial charge in [0.2, 0.25) is 5.91 Å². The number of benzene rings is 1. The maximum absolute atomic E-state index is 12.1. The largest absolute Gasteiger partial charge is 0.392 e. The first-order chi connectivity index (χ1) is 8.58. The van der Waals surface area contributed by atoms with Crippen molar-refractivity contribution in [2.24, 2.45) is 11.1 Å². The van der Waals surface area contributed by atoms with Crippen molar-refractivity contribution in [1.82, 2.24) is 0 Å². The third-order valence-electron chi connectivity index (χ3n) is 3.15. The van der Waals surface area contributed by atoms with Crippen LogP contribution in [0.2, 0.25) is 0 Å². The Bertz CT molecular complexity index is 484. The number of nitrogens with two attached hydrogens (primary N) is 1. The van der Waals surface area contributed by atoms with Crippen molar-refractivity contribution < 1.29 is 9.53 Å². The number of ether oxygens (including phenoxy) is 1. The van der Waals surface area contributed by atoms with E-state index in [0.717, 1.165) is 24.1 Å². The lowest BCUT2D eigenvalue weighted by atomic mass is 10.1. The van der Waals surface area contributed by atoms with Crippen LogP contribution in [0.5, 0.6) is 0 Å². The number of carbonyl (C=O) groups is 1. The zero-order valence-corrected chi connectivity index (χ0v) is 11.0. The molecule has 1 aliphatic rings. The van der Waals surface area contributed by atoms with Crippen LogP contribution in [0, 0.1) is 5.41 Å². The molecule has 5 heteroatoms. The molecular weight excluding hydrogens is 248 g/mol. The second-order valence-electron chi connectivity index (χ2n) is 4.53. The first-order valence-electron chi connectivity index (χ1n) is 5.78. The molecule has 1 aromatic carbocycles. The molecule has 4 nitrogen and oxygen atoms in total. The molecule has 0 spiro atoms. The van der Waals surface area contributed by atoms with E-state index in [0.29, 0.717) is 6.61 Å². The van der Waals surface area contributed by atoms with E-state index in [1.165, 1.54) is 0 Å². The molecule has 0 aromatic heterocycles. The molecule has 2 rings (SSSR count). The number of amides is 1. The Morgan fingerprint density at radius 2 is 2.28 bits per heavy atom. The fourth-order valence-corrected chi connectivity index (χ4v) is 2.16. The Morgan fingerprint density at radius 3 is 2.83 bits per heavy atom. The lowest BCUT2D eigenvalue weighted by Gasteiger charge is -2.14. The van der Waals surface area contributed by atoms with Gasteiger partial charge in [0, 0.05) is 12.8 Å². The minimum absolute atomic E-state index is 0.107. The summed E-state index contributed by atoms with van der Waals surface area (Å²) in [5.41, 5.74) is 6.75. The molecule has 0 unspecified atom stereocenters. The highest BCUT2D eigenvalue weighted by Crippen LogP contribution is 2.46. The van der Waals surface area contributed by atoms with E-state index in [2.05, 4.69) is 5.32 Å². The maximum atomic E-state index is 12.1. The van der Waals surface area contributed by atoms with Crippen molar-refractivity contribution in [2.75, 3.05) is 12.4 Å². The maximum Gasteiger partial charge on any atom is 0.237 e. The Morgan fingerprint density at radius 1 is 1.56 bits per heavy atom. The molecule has 1 saturated carbocycles. The van der Waals surface area contributed by atoms with Crippen LogP contribution in [0.1, 0.15) is 18.4 Å². The lowest BCUT2D eigenvalue weighted by Crippen LogP contribution is -2.35. The second kappa shape index (κ2) is 5.04. The molecule has 0 heterocycles. The number of thiocarbonyl (C=S) groups is 1. The molecule has 0 radical (unpaired) electrons.